The third-order valence-corrected chi connectivity index (χ3v) is 4.52. The van der Waals surface area contributed by atoms with E-state index in [9.17, 15) is 9.59 Å². The van der Waals surface area contributed by atoms with E-state index in [0.717, 1.165) is 10.0 Å². The molecule has 1 heterocycles. The summed E-state index contributed by atoms with van der Waals surface area (Å²) in [5.41, 5.74) is 3.94. The Kier molecular flexibility index (Phi) is 4.78. The SMILES string of the molecule is COc1ccc(Cl)cc1CC1C(=O)NN(c2cccc(Br)c2)C1=O. The molecule has 7 heteroatoms. The number of methoxy groups -OCH3 is 1. The topological polar surface area (TPSA) is 58.6 Å². The molecule has 1 aliphatic rings. The maximum absolute atomic E-state index is 12.7. The lowest BCUT2D eigenvalue weighted by molar-refractivity contribution is -0.127. The highest BCUT2D eigenvalue weighted by molar-refractivity contribution is 9.10. The summed E-state index contributed by atoms with van der Waals surface area (Å²) in [6.45, 7) is 0. The number of hydrazine groups is 1. The summed E-state index contributed by atoms with van der Waals surface area (Å²) < 4.78 is 6.11. The minimum atomic E-state index is -0.823. The molecule has 1 aliphatic heterocycles. The maximum atomic E-state index is 12.7. The van der Waals surface area contributed by atoms with Gasteiger partial charge in [-0.3, -0.25) is 15.0 Å². The van der Waals surface area contributed by atoms with Gasteiger partial charge in [0.2, 0.25) is 0 Å². The lowest BCUT2D eigenvalue weighted by Gasteiger charge is -2.16. The van der Waals surface area contributed by atoms with Crippen LogP contribution < -0.4 is 15.2 Å². The third kappa shape index (κ3) is 3.25. The van der Waals surface area contributed by atoms with Gasteiger partial charge in [-0.15, -0.1) is 0 Å². The monoisotopic (exact) mass is 408 g/mol. The number of hydrogen-bond donors (Lipinski definition) is 1. The standard InChI is InChI=1S/C17H14BrClN2O3/c1-24-15-6-5-12(19)7-10(15)8-14-16(22)20-21(17(14)23)13-4-2-3-11(18)9-13/h2-7,9,14H,8H2,1H3,(H,20,22). The Labute approximate surface area is 152 Å². The molecule has 0 spiro atoms. The Bertz CT molecular complexity index is 812. The second kappa shape index (κ2) is 6.83. The zero-order valence-corrected chi connectivity index (χ0v) is 15.1. The molecule has 1 N–H and O–H groups in total. The minimum absolute atomic E-state index is 0.221. The average molecular weight is 410 g/mol. The maximum Gasteiger partial charge on any atom is 0.258 e. The Morgan fingerprint density at radius 3 is 2.75 bits per heavy atom. The van der Waals surface area contributed by atoms with Crippen molar-refractivity contribution in [2.45, 2.75) is 6.42 Å². The van der Waals surface area contributed by atoms with Crippen molar-refractivity contribution >= 4 is 45.0 Å². The lowest BCUT2D eigenvalue weighted by Crippen LogP contribution is -2.35. The van der Waals surface area contributed by atoms with Gasteiger partial charge in [-0.05, 0) is 48.4 Å². The number of ether oxygens (including phenoxy) is 1. The first-order valence-corrected chi connectivity index (χ1v) is 8.39. The van der Waals surface area contributed by atoms with Crippen LogP contribution in [0, 0.1) is 5.92 Å². The van der Waals surface area contributed by atoms with E-state index >= 15 is 0 Å². The van der Waals surface area contributed by atoms with Crippen LogP contribution in [0.3, 0.4) is 0 Å². The fraction of sp³-hybridized carbons (Fsp3) is 0.176. The summed E-state index contributed by atoms with van der Waals surface area (Å²) in [5.74, 6) is -0.876. The van der Waals surface area contributed by atoms with Gasteiger partial charge in [0.25, 0.3) is 11.8 Å². The van der Waals surface area contributed by atoms with E-state index in [2.05, 4.69) is 21.4 Å². The molecule has 1 fully saturated rings. The normalized spacial score (nSPS) is 17.1. The lowest BCUT2D eigenvalue weighted by atomic mass is 9.98. The Morgan fingerprint density at radius 1 is 1.25 bits per heavy atom. The van der Waals surface area contributed by atoms with Gasteiger partial charge >= 0.3 is 0 Å². The fourth-order valence-electron chi connectivity index (χ4n) is 2.62. The van der Waals surface area contributed by atoms with E-state index in [1.54, 1.807) is 36.4 Å². The van der Waals surface area contributed by atoms with Crippen LogP contribution in [-0.4, -0.2) is 18.9 Å². The molecule has 5 nitrogen and oxygen atoms in total. The number of benzene rings is 2. The molecular weight excluding hydrogens is 396 g/mol. The molecule has 1 atom stereocenters. The number of hydrogen-bond acceptors (Lipinski definition) is 3. The van der Waals surface area contributed by atoms with Gasteiger partial charge in [0.15, 0.2) is 0 Å². The van der Waals surface area contributed by atoms with Gasteiger partial charge in [0.05, 0.1) is 12.8 Å². The molecule has 1 unspecified atom stereocenters. The second-order valence-electron chi connectivity index (χ2n) is 5.34. The van der Waals surface area contributed by atoms with Crippen LogP contribution >= 0.6 is 27.5 Å². The first kappa shape index (κ1) is 16.8. The highest BCUT2D eigenvalue weighted by Crippen LogP contribution is 2.29. The van der Waals surface area contributed by atoms with Crippen LogP contribution in [0.1, 0.15) is 5.56 Å². The molecule has 0 saturated carbocycles. The van der Waals surface area contributed by atoms with Gasteiger partial charge in [-0.1, -0.05) is 33.6 Å². The smallest absolute Gasteiger partial charge is 0.258 e. The van der Waals surface area contributed by atoms with Crippen molar-refractivity contribution < 1.29 is 14.3 Å². The van der Waals surface area contributed by atoms with Gasteiger partial charge in [-0.2, -0.15) is 0 Å². The van der Waals surface area contributed by atoms with Crippen molar-refractivity contribution in [2.24, 2.45) is 5.92 Å². The summed E-state index contributed by atoms with van der Waals surface area (Å²) >= 11 is 9.38. The minimum Gasteiger partial charge on any atom is -0.496 e. The zero-order chi connectivity index (χ0) is 17.3. The quantitative estimate of drug-likeness (QED) is 0.788. The molecule has 0 aliphatic carbocycles. The first-order valence-electron chi connectivity index (χ1n) is 7.22. The van der Waals surface area contributed by atoms with E-state index in [1.165, 1.54) is 12.1 Å². The summed E-state index contributed by atoms with van der Waals surface area (Å²) in [4.78, 5) is 25.0. The molecule has 0 radical (unpaired) electrons. The predicted octanol–water partition coefficient (Wildman–Crippen LogP) is 3.35. The van der Waals surface area contributed by atoms with E-state index < -0.39 is 5.92 Å². The number of carbonyl (C=O) groups is 2. The van der Waals surface area contributed by atoms with Crippen molar-refractivity contribution in [3.8, 4) is 5.75 Å². The Morgan fingerprint density at radius 2 is 2.04 bits per heavy atom. The molecule has 2 aromatic carbocycles. The third-order valence-electron chi connectivity index (χ3n) is 3.79. The molecule has 0 aromatic heterocycles. The van der Waals surface area contributed by atoms with Crippen LogP contribution in [0.15, 0.2) is 46.9 Å². The number of nitrogens with zero attached hydrogens (tertiary/aromatic N) is 1. The predicted molar refractivity (Wildman–Crippen MR) is 95.0 cm³/mol. The molecule has 2 aromatic rings. The summed E-state index contributed by atoms with van der Waals surface area (Å²) in [7, 11) is 1.54. The molecule has 124 valence electrons. The Balaban J connectivity index is 1.86. The number of nitrogens with one attached hydrogen (secondary N) is 1. The van der Waals surface area contributed by atoms with E-state index in [0.29, 0.717) is 16.5 Å². The summed E-state index contributed by atoms with van der Waals surface area (Å²) in [6, 6.07) is 12.3. The van der Waals surface area contributed by atoms with Crippen LogP contribution in [0.4, 0.5) is 5.69 Å². The summed E-state index contributed by atoms with van der Waals surface area (Å²) in [6.07, 6.45) is 0.221. The highest BCUT2D eigenvalue weighted by Gasteiger charge is 2.40. The van der Waals surface area contributed by atoms with E-state index in [1.807, 2.05) is 6.07 Å². The highest BCUT2D eigenvalue weighted by atomic mass is 79.9. The van der Waals surface area contributed by atoms with E-state index in [4.69, 9.17) is 16.3 Å². The number of amides is 2. The zero-order valence-electron chi connectivity index (χ0n) is 12.8. The molecule has 0 bridgehead atoms. The fourth-order valence-corrected chi connectivity index (χ4v) is 3.21. The second-order valence-corrected chi connectivity index (χ2v) is 6.69. The van der Waals surface area contributed by atoms with Crippen molar-refractivity contribution in [3.63, 3.8) is 0 Å². The molecule has 1 saturated heterocycles. The number of anilines is 1. The summed E-state index contributed by atoms with van der Waals surface area (Å²) in [5, 5.41) is 1.80. The first-order chi connectivity index (χ1) is 11.5. The van der Waals surface area contributed by atoms with Crippen LogP contribution in [0.25, 0.3) is 0 Å². The van der Waals surface area contributed by atoms with Crippen LogP contribution in [0.5, 0.6) is 5.75 Å². The van der Waals surface area contributed by atoms with Gasteiger partial charge in [-0.25, -0.2) is 5.01 Å². The van der Waals surface area contributed by atoms with Crippen molar-refractivity contribution in [1.29, 1.82) is 0 Å². The van der Waals surface area contributed by atoms with E-state index in [-0.39, 0.29) is 18.2 Å². The van der Waals surface area contributed by atoms with Crippen molar-refractivity contribution in [2.75, 3.05) is 12.1 Å². The van der Waals surface area contributed by atoms with Crippen LogP contribution in [-0.2, 0) is 16.0 Å². The van der Waals surface area contributed by atoms with Crippen molar-refractivity contribution in [1.82, 2.24) is 5.43 Å². The Hall–Kier alpha value is -2.05. The van der Waals surface area contributed by atoms with Gasteiger partial charge < -0.3 is 4.74 Å². The number of rotatable bonds is 4. The van der Waals surface area contributed by atoms with Gasteiger partial charge in [0.1, 0.15) is 11.7 Å². The molecule has 2 amide bonds. The number of halogens is 2. The molecule has 3 rings (SSSR count). The van der Waals surface area contributed by atoms with Crippen molar-refractivity contribution in [3.05, 3.63) is 57.5 Å². The van der Waals surface area contributed by atoms with Crippen LogP contribution in [0.2, 0.25) is 5.02 Å². The number of carbonyl (C=O) groups excluding carboxylic acids is 2. The largest absolute Gasteiger partial charge is 0.496 e. The molecule has 24 heavy (non-hydrogen) atoms. The average Bonchev–Trinajstić information content (AvgIpc) is 2.83. The van der Waals surface area contributed by atoms with Gasteiger partial charge in [0, 0.05) is 9.50 Å². The molecular formula is C17H14BrClN2O3.